The van der Waals surface area contributed by atoms with Gasteiger partial charge < -0.3 is 10.6 Å². The summed E-state index contributed by atoms with van der Waals surface area (Å²) in [6.45, 7) is 4.99. The summed E-state index contributed by atoms with van der Waals surface area (Å²) in [7, 11) is 0. The van der Waals surface area contributed by atoms with Gasteiger partial charge in [0.05, 0.1) is 24.4 Å². The van der Waals surface area contributed by atoms with Crippen LogP contribution in [0.2, 0.25) is 0 Å². The molecule has 2 aromatic rings. The Hall–Kier alpha value is -2.81. The molecule has 5 heterocycles. The normalized spacial score (nSPS) is 25.6. The summed E-state index contributed by atoms with van der Waals surface area (Å²) in [4.78, 5) is 30.2. The molecule has 3 aliphatic rings. The van der Waals surface area contributed by atoms with Gasteiger partial charge in [0.1, 0.15) is 5.69 Å². The molecule has 4 atom stereocenters. The number of amides is 2. The van der Waals surface area contributed by atoms with Crippen LogP contribution in [0.1, 0.15) is 19.8 Å². The Morgan fingerprint density at radius 1 is 1.21 bits per heavy atom. The number of aromatic nitrogens is 4. The number of piperidine rings is 3. The van der Waals surface area contributed by atoms with E-state index in [0.717, 1.165) is 43.9 Å². The van der Waals surface area contributed by atoms with Crippen LogP contribution in [0.3, 0.4) is 0 Å². The number of carbonyl (C=O) groups is 2. The molecule has 9 heteroatoms. The van der Waals surface area contributed by atoms with E-state index in [-0.39, 0.29) is 17.7 Å². The fourth-order valence-electron chi connectivity index (χ4n) is 4.42. The first kappa shape index (κ1) is 19.5. The van der Waals surface area contributed by atoms with Crippen LogP contribution in [0.4, 0.5) is 0 Å². The molecule has 3 saturated heterocycles. The number of pyridine rings is 1. The van der Waals surface area contributed by atoms with Gasteiger partial charge in [0.2, 0.25) is 11.8 Å². The highest BCUT2D eigenvalue weighted by molar-refractivity contribution is 5.79. The molecule has 2 bridgehead atoms. The minimum Gasteiger partial charge on any atom is -0.355 e. The Morgan fingerprint density at radius 2 is 2.07 bits per heavy atom. The van der Waals surface area contributed by atoms with Crippen molar-refractivity contribution in [2.75, 3.05) is 26.2 Å². The van der Waals surface area contributed by atoms with Gasteiger partial charge in [0, 0.05) is 38.8 Å². The van der Waals surface area contributed by atoms with Gasteiger partial charge in [0.15, 0.2) is 0 Å². The third-order valence-corrected chi connectivity index (χ3v) is 5.88. The molecule has 0 saturated carbocycles. The first-order valence-electron chi connectivity index (χ1n) is 10.2. The molecular weight excluding hydrogens is 370 g/mol. The van der Waals surface area contributed by atoms with Crippen LogP contribution < -0.4 is 10.6 Å². The SMILES string of the molecule is CC(=O)NCCNC(=O)[C@@H]1CN2CC[C@@H]1C[C@@H]2Cn1cc(-c2ccccn2)nn1. The Kier molecular flexibility index (Phi) is 5.84. The van der Waals surface area contributed by atoms with E-state index in [9.17, 15) is 9.59 Å². The lowest BCUT2D eigenvalue weighted by molar-refractivity contribution is -0.133. The number of nitrogens with zero attached hydrogens (tertiary/aromatic N) is 5. The predicted molar refractivity (Wildman–Crippen MR) is 107 cm³/mol. The van der Waals surface area contributed by atoms with Crippen LogP contribution in [0.15, 0.2) is 30.6 Å². The second kappa shape index (κ2) is 8.69. The lowest BCUT2D eigenvalue weighted by atomic mass is 9.75. The topological polar surface area (TPSA) is 105 Å². The highest BCUT2D eigenvalue weighted by atomic mass is 16.2. The van der Waals surface area contributed by atoms with Gasteiger partial charge in [-0.25, -0.2) is 0 Å². The van der Waals surface area contributed by atoms with Gasteiger partial charge in [-0.2, -0.15) is 0 Å². The lowest BCUT2D eigenvalue weighted by Crippen LogP contribution is -2.58. The van der Waals surface area contributed by atoms with E-state index in [1.54, 1.807) is 6.20 Å². The van der Waals surface area contributed by atoms with E-state index in [1.165, 1.54) is 6.92 Å². The van der Waals surface area contributed by atoms with Crippen molar-refractivity contribution in [1.82, 2.24) is 35.5 Å². The number of rotatable bonds is 7. The van der Waals surface area contributed by atoms with Crippen molar-refractivity contribution in [2.45, 2.75) is 32.4 Å². The minimum absolute atomic E-state index is 0.0251. The molecule has 0 radical (unpaired) electrons. The van der Waals surface area contributed by atoms with Crippen molar-refractivity contribution in [3.05, 3.63) is 30.6 Å². The molecule has 0 aromatic carbocycles. The molecule has 9 nitrogen and oxygen atoms in total. The smallest absolute Gasteiger partial charge is 0.224 e. The average molecular weight is 397 g/mol. The van der Waals surface area contributed by atoms with Gasteiger partial charge in [0.25, 0.3) is 0 Å². The molecule has 29 heavy (non-hydrogen) atoms. The van der Waals surface area contributed by atoms with E-state index in [2.05, 4.69) is 30.8 Å². The van der Waals surface area contributed by atoms with Crippen LogP contribution in [0, 0.1) is 11.8 Å². The molecule has 0 spiro atoms. The zero-order valence-electron chi connectivity index (χ0n) is 16.6. The number of nitrogens with one attached hydrogen (secondary N) is 2. The molecule has 1 unspecified atom stereocenters. The monoisotopic (exact) mass is 397 g/mol. The van der Waals surface area contributed by atoms with Crippen molar-refractivity contribution < 1.29 is 9.59 Å². The zero-order valence-corrected chi connectivity index (χ0v) is 16.6. The number of carbonyl (C=O) groups excluding carboxylic acids is 2. The van der Waals surface area contributed by atoms with Crippen LogP contribution >= 0.6 is 0 Å². The fourth-order valence-corrected chi connectivity index (χ4v) is 4.42. The quantitative estimate of drug-likeness (QED) is 0.651. The number of fused-ring (bicyclic) bond motifs is 3. The fraction of sp³-hybridized carbons (Fsp3) is 0.550. The Labute approximate surface area is 169 Å². The Balaban J connectivity index is 1.31. The highest BCUT2D eigenvalue weighted by Crippen LogP contribution is 2.37. The standard InChI is InChI=1S/C20H27N7O2/c1-14(28)21-7-8-23-20(29)17-12-26-9-5-15(17)10-16(26)11-27-13-19(24-25-27)18-4-2-3-6-22-18/h2-4,6,13,15-17H,5,7-12H2,1H3,(H,21,28)(H,23,29)/t15-,16-,17-/m1/s1. The van der Waals surface area contributed by atoms with Crippen molar-refractivity contribution in [3.8, 4) is 11.4 Å². The summed E-state index contributed by atoms with van der Waals surface area (Å²) in [6, 6.07) is 6.12. The van der Waals surface area contributed by atoms with Crippen molar-refractivity contribution in [2.24, 2.45) is 11.8 Å². The number of hydrogen-bond acceptors (Lipinski definition) is 6. The maximum Gasteiger partial charge on any atom is 0.224 e. The molecular formula is C20H27N7O2. The molecule has 3 aliphatic heterocycles. The molecule has 5 rings (SSSR count). The second-order valence-corrected chi connectivity index (χ2v) is 7.85. The zero-order chi connectivity index (χ0) is 20.2. The molecule has 154 valence electrons. The number of hydrogen-bond donors (Lipinski definition) is 2. The van der Waals surface area contributed by atoms with Crippen molar-refractivity contribution in [3.63, 3.8) is 0 Å². The highest BCUT2D eigenvalue weighted by Gasteiger charge is 2.43. The van der Waals surface area contributed by atoms with Gasteiger partial charge in [-0.3, -0.25) is 24.2 Å². The van der Waals surface area contributed by atoms with Crippen LogP contribution in [-0.4, -0.2) is 68.9 Å². The van der Waals surface area contributed by atoms with Gasteiger partial charge >= 0.3 is 0 Å². The lowest BCUT2D eigenvalue weighted by Gasteiger charge is -2.49. The molecule has 2 amide bonds. The molecule has 3 fully saturated rings. The van der Waals surface area contributed by atoms with E-state index in [0.29, 0.717) is 25.0 Å². The van der Waals surface area contributed by atoms with E-state index < -0.39 is 0 Å². The van der Waals surface area contributed by atoms with E-state index in [4.69, 9.17) is 0 Å². The summed E-state index contributed by atoms with van der Waals surface area (Å²) in [5.74, 6) is 0.438. The van der Waals surface area contributed by atoms with Gasteiger partial charge in [-0.15, -0.1) is 5.10 Å². The maximum atomic E-state index is 12.6. The van der Waals surface area contributed by atoms with Crippen LogP contribution in [0.25, 0.3) is 11.4 Å². The minimum atomic E-state index is -0.0794. The van der Waals surface area contributed by atoms with Crippen molar-refractivity contribution >= 4 is 11.8 Å². The molecule has 0 aliphatic carbocycles. The first-order valence-corrected chi connectivity index (χ1v) is 10.2. The summed E-state index contributed by atoms with van der Waals surface area (Å²) in [6.07, 6.45) is 5.73. The summed E-state index contributed by atoms with van der Waals surface area (Å²) in [5.41, 5.74) is 1.60. The van der Waals surface area contributed by atoms with Crippen LogP contribution in [-0.2, 0) is 16.1 Å². The Bertz CT molecular complexity index is 854. The third kappa shape index (κ3) is 4.61. The average Bonchev–Trinajstić information content (AvgIpc) is 3.20. The molecule has 2 N–H and O–H groups in total. The first-order chi connectivity index (χ1) is 14.1. The van der Waals surface area contributed by atoms with Crippen LogP contribution in [0.5, 0.6) is 0 Å². The summed E-state index contributed by atoms with van der Waals surface area (Å²) < 4.78 is 1.89. The Morgan fingerprint density at radius 3 is 2.79 bits per heavy atom. The van der Waals surface area contributed by atoms with E-state index in [1.807, 2.05) is 29.1 Å². The van der Waals surface area contributed by atoms with Gasteiger partial charge in [-0.05, 0) is 37.4 Å². The molecule has 2 aromatic heterocycles. The third-order valence-electron chi connectivity index (χ3n) is 5.88. The van der Waals surface area contributed by atoms with Crippen molar-refractivity contribution in [1.29, 1.82) is 0 Å². The van der Waals surface area contributed by atoms with Gasteiger partial charge in [-0.1, -0.05) is 11.3 Å². The second-order valence-electron chi connectivity index (χ2n) is 7.85. The maximum absolute atomic E-state index is 12.6. The largest absolute Gasteiger partial charge is 0.355 e. The summed E-state index contributed by atoms with van der Waals surface area (Å²) in [5, 5.41) is 14.2. The predicted octanol–water partition coefficient (Wildman–Crippen LogP) is 0.303. The van der Waals surface area contributed by atoms with E-state index >= 15 is 0 Å². The summed E-state index contributed by atoms with van der Waals surface area (Å²) >= 11 is 0.